The van der Waals surface area contributed by atoms with Gasteiger partial charge in [-0.3, -0.25) is 14.6 Å². The average molecular weight is 244 g/mol. The van der Waals surface area contributed by atoms with E-state index in [1.54, 1.807) is 23.1 Å². The Kier molecular flexibility index (Phi) is 3.55. The number of piperidine rings is 1. The van der Waals surface area contributed by atoms with Crippen molar-refractivity contribution in [3.63, 3.8) is 0 Å². The molecule has 1 heterocycles. The Balaban J connectivity index is 2.16. The SMILES string of the molecule is C=C/C=C\C(=N/C=C)C(=O)[C@@H]1C[C@H]2C[C@H]2N1C=O. The second-order valence-electron chi connectivity index (χ2n) is 4.52. The van der Waals surface area contributed by atoms with Crippen molar-refractivity contribution in [3.8, 4) is 0 Å². The van der Waals surface area contributed by atoms with Gasteiger partial charge >= 0.3 is 0 Å². The van der Waals surface area contributed by atoms with Gasteiger partial charge in [0.2, 0.25) is 12.2 Å². The summed E-state index contributed by atoms with van der Waals surface area (Å²) >= 11 is 0. The molecule has 0 unspecified atom stereocenters. The Hall–Kier alpha value is -1.97. The molecule has 18 heavy (non-hydrogen) atoms. The molecule has 4 heteroatoms. The maximum Gasteiger partial charge on any atom is 0.210 e. The van der Waals surface area contributed by atoms with E-state index in [0.29, 0.717) is 11.6 Å². The first-order valence-corrected chi connectivity index (χ1v) is 5.97. The van der Waals surface area contributed by atoms with Crippen LogP contribution in [-0.2, 0) is 9.59 Å². The van der Waals surface area contributed by atoms with E-state index in [4.69, 9.17) is 0 Å². The topological polar surface area (TPSA) is 49.7 Å². The minimum absolute atomic E-state index is 0.118. The molecule has 0 bridgehead atoms. The first-order chi connectivity index (χ1) is 8.72. The largest absolute Gasteiger partial charge is 0.331 e. The smallest absolute Gasteiger partial charge is 0.210 e. The van der Waals surface area contributed by atoms with E-state index in [0.717, 1.165) is 19.3 Å². The summed E-state index contributed by atoms with van der Waals surface area (Å²) in [4.78, 5) is 28.9. The fraction of sp³-hybridized carbons (Fsp3) is 0.357. The van der Waals surface area contributed by atoms with Crippen molar-refractivity contribution in [1.29, 1.82) is 0 Å². The number of nitrogens with zero attached hydrogens (tertiary/aromatic N) is 2. The minimum Gasteiger partial charge on any atom is -0.331 e. The van der Waals surface area contributed by atoms with Crippen LogP contribution in [0.15, 0.2) is 42.6 Å². The van der Waals surface area contributed by atoms with E-state index >= 15 is 0 Å². The molecule has 0 radical (unpaired) electrons. The van der Waals surface area contributed by atoms with Gasteiger partial charge in [-0.15, -0.1) is 0 Å². The Labute approximate surface area is 106 Å². The van der Waals surface area contributed by atoms with E-state index in [9.17, 15) is 9.59 Å². The number of aliphatic imine (C=N–C) groups is 1. The molecule has 1 saturated carbocycles. The van der Waals surface area contributed by atoms with Crippen molar-refractivity contribution in [2.75, 3.05) is 0 Å². The quantitative estimate of drug-likeness (QED) is 0.404. The molecule has 0 aromatic rings. The Morgan fingerprint density at radius 3 is 2.72 bits per heavy atom. The van der Waals surface area contributed by atoms with Gasteiger partial charge < -0.3 is 4.90 Å². The van der Waals surface area contributed by atoms with Crippen molar-refractivity contribution in [2.24, 2.45) is 10.9 Å². The standard InChI is InChI=1S/C14H16N2O2/c1-3-5-6-11(15-4-2)14(18)13-8-10-7-12(10)16(13)9-17/h3-6,9-10,12-13H,1-2,7-8H2/b6-5-,15-11+/t10-,12-,13+/m1/s1. The van der Waals surface area contributed by atoms with Gasteiger partial charge in [0.15, 0.2) is 0 Å². The van der Waals surface area contributed by atoms with Gasteiger partial charge in [0.25, 0.3) is 0 Å². The van der Waals surface area contributed by atoms with Crippen LogP contribution >= 0.6 is 0 Å². The van der Waals surface area contributed by atoms with Crippen molar-refractivity contribution >= 4 is 17.9 Å². The zero-order valence-electron chi connectivity index (χ0n) is 10.2. The van der Waals surface area contributed by atoms with Crippen LogP contribution < -0.4 is 0 Å². The molecule has 3 atom stereocenters. The molecule has 4 nitrogen and oxygen atoms in total. The number of carbonyl (C=O) groups is 2. The monoisotopic (exact) mass is 244 g/mol. The van der Waals surface area contributed by atoms with E-state index in [-0.39, 0.29) is 17.9 Å². The molecule has 94 valence electrons. The predicted octanol–water partition coefficient (Wildman–Crippen LogP) is 1.50. The lowest BCUT2D eigenvalue weighted by Crippen LogP contribution is -2.41. The maximum atomic E-state index is 12.3. The Bertz CT molecular complexity index is 451. The third kappa shape index (κ3) is 2.18. The van der Waals surface area contributed by atoms with Gasteiger partial charge in [0.1, 0.15) is 5.71 Å². The molecule has 2 aliphatic rings. The molecule has 2 rings (SSSR count). The zero-order chi connectivity index (χ0) is 13.1. The number of amides is 1. The van der Waals surface area contributed by atoms with E-state index < -0.39 is 0 Å². The lowest BCUT2D eigenvalue weighted by molar-refractivity contribution is -0.127. The lowest BCUT2D eigenvalue weighted by Gasteiger charge is -2.21. The summed E-state index contributed by atoms with van der Waals surface area (Å²) in [6, 6.07) is -0.0933. The van der Waals surface area contributed by atoms with Gasteiger partial charge in [-0.1, -0.05) is 25.3 Å². The van der Waals surface area contributed by atoms with Crippen LogP contribution in [0.4, 0.5) is 0 Å². The van der Waals surface area contributed by atoms with Gasteiger partial charge in [-0.05, 0) is 24.8 Å². The second kappa shape index (κ2) is 5.12. The summed E-state index contributed by atoms with van der Waals surface area (Å²) in [6.07, 6.45) is 8.73. The number of likely N-dealkylation sites (tertiary alicyclic amines) is 1. The van der Waals surface area contributed by atoms with Crippen LogP contribution in [-0.4, -0.2) is 34.9 Å². The maximum absolute atomic E-state index is 12.3. The summed E-state index contributed by atoms with van der Waals surface area (Å²) in [5.74, 6) is 0.379. The van der Waals surface area contributed by atoms with Gasteiger partial charge in [0.05, 0.1) is 6.04 Å². The lowest BCUT2D eigenvalue weighted by atomic mass is 10.0. The highest BCUT2D eigenvalue weighted by atomic mass is 16.2. The third-order valence-electron chi connectivity index (χ3n) is 3.45. The van der Waals surface area contributed by atoms with E-state index in [1.165, 1.54) is 6.20 Å². The average Bonchev–Trinajstić information content (AvgIpc) is 3.05. The number of rotatable bonds is 6. The first-order valence-electron chi connectivity index (χ1n) is 5.97. The van der Waals surface area contributed by atoms with Crippen LogP contribution in [0, 0.1) is 5.92 Å². The summed E-state index contributed by atoms with van der Waals surface area (Å²) in [6.45, 7) is 7.05. The first kappa shape index (κ1) is 12.5. The number of hydrogen-bond donors (Lipinski definition) is 0. The normalized spacial score (nSPS) is 30.1. The zero-order valence-corrected chi connectivity index (χ0v) is 10.2. The summed E-state index contributed by atoms with van der Waals surface area (Å²) < 4.78 is 0. The number of Topliss-reactive ketones (excluding diaryl/α,β-unsaturated/α-hetero) is 1. The highest BCUT2D eigenvalue weighted by Crippen LogP contribution is 2.47. The number of allylic oxidation sites excluding steroid dienone is 3. The van der Waals surface area contributed by atoms with Crippen LogP contribution in [0.2, 0.25) is 0 Å². The van der Waals surface area contributed by atoms with Crippen molar-refractivity contribution in [2.45, 2.75) is 24.9 Å². The molecule has 0 aromatic carbocycles. The Morgan fingerprint density at radius 2 is 2.11 bits per heavy atom. The minimum atomic E-state index is -0.362. The van der Waals surface area contributed by atoms with E-state index in [2.05, 4.69) is 18.2 Å². The fourth-order valence-electron chi connectivity index (χ4n) is 2.50. The fourth-order valence-corrected chi connectivity index (χ4v) is 2.50. The second-order valence-corrected chi connectivity index (χ2v) is 4.52. The highest BCUT2D eigenvalue weighted by Gasteiger charge is 2.53. The summed E-state index contributed by atoms with van der Waals surface area (Å²) in [7, 11) is 0. The molecule has 1 aliphatic heterocycles. The number of carbonyl (C=O) groups excluding carboxylic acids is 2. The third-order valence-corrected chi connectivity index (χ3v) is 3.45. The van der Waals surface area contributed by atoms with Crippen LogP contribution in [0.5, 0.6) is 0 Å². The molecule has 0 aromatic heterocycles. The summed E-state index contributed by atoms with van der Waals surface area (Å²) in [5, 5.41) is 0. The predicted molar refractivity (Wildman–Crippen MR) is 70.2 cm³/mol. The molecule has 1 aliphatic carbocycles. The van der Waals surface area contributed by atoms with Crippen LogP contribution in [0.1, 0.15) is 12.8 Å². The molecular weight excluding hydrogens is 228 g/mol. The van der Waals surface area contributed by atoms with Crippen LogP contribution in [0.3, 0.4) is 0 Å². The van der Waals surface area contributed by atoms with Gasteiger partial charge in [-0.2, -0.15) is 0 Å². The number of hydrogen-bond acceptors (Lipinski definition) is 3. The van der Waals surface area contributed by atoms with Gasteiger partial charge in [0, 0.05) is 12.2 Å². The highest BCUT2D eigenvalue weighted by molar-refractivity contribution is 6.46. The molecule has 1 saturated heterocycles. The Morgan fingerprint density at radius 1 is 1.33 bits per heavy atom. The van der Waals surface area contributed by atoms with Crippen molar-refractivity contribution < 1.29 is 9.59 Å². The molecular formula is C14H16N2O2. The van der Waals surface area contributed by atoms with Gasteiger partial charge in [-0.25, -0.2) is 0 Å². The van der Waals surface area contributed by atoms with Crippen LogP contribution in [0.25, 0.3) is 0 Å². The molecule has 0 spiro atoms. The van der Waals surface area contributed by atoms with E-state index in [1.807, 2.05) is 0 Å². The van der Waals surface area contributed by atoms with Crippen molar-refractivity contribution in [3.05, 3.63) is 37.6 Å². The number of ketones is 1. The summed E-state index contributed by atoms with van der Waals surface area (Å²) in [5.41, 5.74) is 0.322. The number of fused-ring (bicyclic) bond motifs is 1. The molecule has 0 N–H and O–H groups in total. The van der Waals surface area contributed by atoms with Crippen molar-refractivity contribution in [1.82, 2.24) is 4.90 Å². The molecule has 2 fully saturated rings. The molecule has 1 amide bonds.